The van der Waals surface area contributed by atoms with Gasteiger partial charge in [-0.25, -0.2) is 0 Å². The zero-order valence-corrected chi connectivity index (χ0v) is 11.7. The van der Waals surface area contributed by atoms with Gasteiger partial charge in [-0.3, -0.25) is 0 Å². The third-order valence-corrected chi connectivity index (χ3v) is 3.19. The van der Waals surface area contributed by atoms with Gasteiger partial charge in [-0.2, -0.15) is 5.26 Å². The molecule has 0 amide bonds. The predicted octanol–water partition coefficient (Wildman–Crippen LogP) is 3.53. The summed E-state index contributed by atoms with van der Waals surface area (Å²) in [5.74, 6) is 0.627. The molecule has 18 heavy (non-hydrogen) atoms. The first-order valence-corrected chi connectivity index (χ1v) is 6.46. The largest absolute Gasteiger partial charge is 0.492 e. The van der Waals surface area contributed by atoms with Crippen molar-refractivity contribution in [2.45, 2.75) is 26.8 Å². The Morgan fingerprint density at radius 1 is 1.44 bits per heavy atom. The van der Waals surface area contributed by atoms with Crippen LogP contribution in [0.5, 0.6) is 5.75 Å². The molecule has 98 valence electrons. The molecule has 1 aromatic rings. The molecule has 4 heteroatoms. The Morgan fingerprint density at radius 3 is 2.56 bits per heavy atom. The third kappa shape index (κ3) is 3.38. The lowest BCUT2D eigenvalue weighted by atomic mass is 9.86. The van der Waals surface area contributed by atoms with Gasteiger partial charge in [-0.15, -0.1) is 0 Å². The molecule has 0 aliphatic carbocycles. The number of nitrogens with two attached hydrogens (primary N) is 1. The number of benzene rings is 1. The van der Waals surface area contributed by atoms with Crippen LogP contribution in [-0.4, -0.2) is 6.61 Å². The molecule has 1 rings (SSSR count). The van der Waals surface area contributed by atoms with Crippen LogP contribution in [0.3, 0.4) is 0 Å². The van der Waals surface area contributed by atoms with Crippen molar-refractivity contribution in [3.63, 3.8) is 0 Å². The van der Waals surface area contributed by atoms with Crippen LogP contribution in [0, 0.1) is 23.2 Å². The minimum atomic E-state index is -0.330. The van der Waals surface area contributed by atoms with Gasteiger partial charge in [-0.05, 0) is 30.5 Å². The van der Waals surface area contributed by atoms with E-state index in [4.69, 9.17) is 27.3 Å². The SMILES string of the molecule is CCOc1ccc(C(N)C(C#N)C(C)C)cc1Cl. The molecule has 2 atom stereocenters. The fourth-order valence-electron chi connectivity index (χ4n) is 1.85. The summed E-state index contributed by atoms with van der Waals surface area (Å²) in [6.07, 6.45) is 0. The van der Waals surface area contributed by atoms with Crippen molar-refractivity contribution in [2.24, 2.45) is 17.6 Å². The topological polar surface area (TPSA) is 59.0 Å². The highest BCUT2D eigenvalue weighted by Gasteiger charge is 2.23. The van der Waals surface area contributed by atoms with Gasteiger partial charge in [-0.1, -0.05) is 31.5 Å². The molecule has 0 aromatic heterocycles. The summed E-state index contributed by atoms with van der Waals surface area (Å²) in [5, 5.41) is 9.68. The van der Waals surface area contributed by atoms with Crippen LogP contribution in [0.15, 0.2) is 18.2 Å². The van der Waals surface area contributed by atoms with E-state index in [1.54, 1.807) is 12.1 Å². The van der Waals surface area contributed by atoms with Gasteiger partial charge in [0.2, 0.25) is 0 Å². The highest BCUT2D eigenvalue weighted by Crippen LogP contribution is 2.31. The van der Waals surface area contributed by atoms with Gasteiger partial charge in [0.1, 0.15) is 5.75 Å². The number of hydrogen-bond acceptors (Lipinski definition) is 3. The van der Waals surface area contributed by atoms with E-state index in [1.807, 2.05) is 26.8 Å². The van der Waals surface area contributed by atoms with E-state index in [-0.39, 0.29) is 17.9 Å². The Balaban J connectivity index is 2.97. The molecule has 2 N–H and O–H groups in total. The number of hydrogen-bond donors (Lipinski definition) is 1. The van der Waals surface area contributed by atoms with Crippen LogP contribution >= 0.6 is 11.6 Å². The maximum Gasteiger partial charge on any atom is 0.137 e. The van der Waals surface area contributed by atoms with Crippen molar-refractivity contribution in [1.82, 2.24) is 0 Å². The number of nitriles is 1. The molecule has 0 aliphatic rings. The molecule has 0 saturated carbocycles. The summed E-state index contributed by atoms with van der Waals surface area (Å²) in [6.45, 7) is 6.45. The van der Waals surface area contributed by atoms with Gasteiger partial charge in [0, 0.05) is 6.04 Å². The average Bonchev–Trinajstić information content (AvgIpc) is 2.32. The molecular weight excluding hydrogens is 248 g/mol. The number of nitrogens with zero attached hydrogens (tertiary/aromatic N) is 1. The summed E-state index contributed by atoms with van der Waals surface area (Å²) in [4.78, 5) is 0. The second kappa shape index (κ2) is 6.63. The monoisotopic (exact) mass is 266 g/mol. The van der Waals surface area contributed by atoms with Crippen LogP contribution in [0.4, 0.5) is 0 Å². The maximum absolute atomic E-state index is 9.15. The second-order valence-corrected chi connectivity index (χ2v) is 4.95. The highest BCUT2D eigenvalue weighted by molar-refractivity contribution is 6.32. The Hall–Kier alpha value is -1.24. The van der Waals surface area contributed by atoms with Crippen molar-refractivity contribution in [1.29, 1.82) is 5.26 Å². The van der Waals surface area contributed by atoms with E-state index in [9.17, 15) is 0 Å². The van der Waals surface area contributed by atoms with Crippen LogP contribution in [-0.2, 0) is 0 Å². The first-order chi connectivity index (χ1) is 8.51. The highest BCUT2D eigenvalue weighted by atomic mass is 35.5. The van der Waals surface area contributed by atoms with Crippen molar-refractivity contribution in [2.75, 3.05) is 6.61 Å². The molecule has 0 saturated heterocycles. The van der Waals surface area contributed by atoms with Gasteiger partial charge in [0.05, 0.1) is 23.6 Å². The summed E-state index contributed by atoms with van der Waals surface area (Å²) in [7, 11) is 0. The van der Waals surface area contributed by atoms with Gasteiger partial charge >= 0.3 is 0 Å². The minimum Gasteiger partial charge on any atom is -0.492 e. The van der Waals surface area contributed by atoms with Crippen LogP contribution in [0.1, 0.15) is 32.4 Å². The van der Waals surface area contributed by atoms with Gasteiger partial charge in [0.15, 0.2) is 0 Å². The molecule has 0 aliphatic heterocycles. The van der Waals surface area contributed by atoms with E-state index < -0.39 is 0 Å². The minimum absolute atomic E-state index is 0.204. The van der Waals surface area contributed by atoms with Crippen molar-refractivity contribution in [3.8, 4) is 11.8 Å². The Labute approximate surface area is 114 Å². The quantitative estimate of drug-likeness (QED) is 0.887. The number of rotatable bonds is 5. The summed E-state index contributed by atoms with van der Waals surface area (Å²) in [5.41, 5.74) is 6.99. The molecule has 0 heterocycles. The normalized spacial score (nSPS) is 14.1. The molecule has 0 fully saturated rings. The van der Waals surface area contributed by atoms with E-state index in [0.717, 1.165) is 5.56 Å². The van der Waals surface area contributed by atoms with Crippen molar-refractivity contribution < 1.29 is 4.74 Å². The van der Waals surface area contributed by atoms with Crippen LogP contribution in [0.2, 0.25) is 5.02 Å². The zero-order chi connectivity index (χ0) is 13.7. The molecular formula is C14H19ClN2O. The maximum atomic E-state index is 9.15. The van der Waals surface area contributed by atoms with E-state index in [1.165, 1.54) is 0 Å². The van der Waals surface area contributed by atoms with E-state index in [0.29, 0.717) is 17.4 Å². The van der Waals surface area contributed by atoms with Gasteiger partial charge in [0.25, 0.3) is 0 Å². The lowest BCUT2D eigenvalue weighted by Crippen LogP contribution is -2.24. The molecule has 0 bridgehead atoms. The standard InChI is InChI=1S/C14H19ClN2O/c1-4-18-13-6-5-10(7-12(13)15)14(17)11(8-16)9(2)3/h5-7,9,11,14H,4,17H2,1-3H3. The van der Waals surface area contributed by atoms with Gasteiger partial charge < -0.3 is 10.5 Å². The van der Waals surface area contributed by atoms with Crippen LogP contribution in [0.25, 0.3) is 0 Å². The zero-order valence-electron chi connectivity index (χ0n) is 11.0. The lowest BCUT2D eigenvalue weighted by molar-refractivity contribution is 0.340. The fourth-order valence-corrected chi connectivity index (χ4v) is 2.09. The fraction of sp³-hybridized carbons (Fsp3) is 0.500. The van der Waals surface area contributed by atoms with Crippen molar-refractivity contribution >= 4 is 11.6 Å². The summed E-state index contributed by atoms with van der Waals surface area (Å²) >= 11 is 6.12. The summed E-state index contributed by atoms with van der Waals surface area (Å²) in [6, 6.07) is 7.38. The first kappa shape index (κ1) is 14.8. The predicted molar refractivity (Wildman–Crippen MR) is 73.5 cm³/mol. The molecule has 0 radical (unpaired) electrons. The number of halogens is 1. The third-order valence-electron chi connectivity index (χ3n) is 2.89. The average molecular weight is 267 g/mol. The molecule has 2 unspecified atom stereocenters. The first-order valence-electron chi connectivity index (χ1n) is 6.08. The van der Waals surface area contributed by atoms with E-state index >= 15 is 0 Å². The van der Waals surface area contributed by atoms with Crippen molar-refractivity contribution in [3.05, 3.63) is 28.8 Å². The molecule has 3 nitrogen and oxygen atoms in total. The molecule has 1 aromatic carbocycles. The Kier molecular flexibility index (Phi) is 5.46. The second-order valence-electron chi connectivity index (χ2n) is 4.55. The Morgan fingerprint density at radius 2 is 2.11 bits per heavy atom. The van der Waals surface area contributed by atoms with E-state index in [2.05, 4.69) is 6.07 Å². The smallest absolute Gasteiger partial charge is 0.137 e. The summed E-state index contributed by atoms with van der Waals surface area (Å²) < 4.78 is 5.37. The number of ether oxygens (including phenoxy) is 1. The molecule has 0 spiro atoms. The van der Waals surface area contributed by atoms with Crippen LogP contribution < -0.4 is 10.5 Å². The lowest BCUT2D eigenvalue weighted by Gasteiger charge is -2.21. The Bertz CT molecular complexity index is 440.